The normalized spacial score (nSPS) is 25.4. The van der Waals surface area contributed by atoms with Gasteiger partial charge in [-0.3, -0.25) is 9.98 Å². The molecule has 3 atom stereocenters. The SMILES string of the molecule is COc1cc(N2CCCCC2)c(OC)cc1[C@@H]1[C@@H](c2ccccn2)N=C2S[C@@H](C)CN21. The Morgan fingerprint density at radius 1 is 1.03 bits per heavy atom. The van der Waals surface area contributed by atoms with E-state index in [-0.39, 0.29) is 12.1 Å². The van der Waals surface area contributed by atoms with Crippen molar-refractivity contribution in [2.45, 2.75) is 43.5 Å². The first kappa shape index (κ1) is 20.5. The molecule has 2 fully saturated rings. The van der Waals surface area contributed by atoms with Crippen molar-refractivity contribution in [2.24, 2.45) is 4.99 Å². The maximum atomic E-state index is 5.96. The molecule has 3 aliphatic rings. The summed E-state index contributed by atoms with van der Waals surface area (Å²) >= 11 is 1.85. The Morgan fingerprint density at radius 2 is 1.84 bits per heavy atom. The number of benzene rings is 1. The number of ether oxygens (including phenoxy) is 2. The number of hydrogen-bond acceptors (Lipinski definition) is 7. The Hall–Kier alpha value is -2.41. The molecule has 31 heavy (non-hydrogen) atoms. The monoisotopic (exact) mass is 438 g/mol. The molecular formula is C24H30N4O2S. The Bertz CT molecular complexity index is 962. The summed E-state index contributed by atoms with van der Waals surface area (Å²) in [5, 5.41) is 1.63. The molecule has 6 nitrogen and oxygen atoms in total. The van der Waals surface area contributed by atoms with Gasteiger partial charge in [-0.05, 0) is 37.5 Å². The molecule has 5 rings (SSSR count). The highest BCUT2D eigenvalue weighted by atomic mass is 32.2. The molecule has 0 bridgehead atoms. The Balaban J connectivity index is 1.59. The zero-order chi connectivity index (χ0) is 21.4. The number of thioether (sulfide) groups is 1. The van der Waals surface area contributed by atoms with Gasteiger partial charge in [-0.2, -0.15) is 0 Å². The predicted octanol–water partition coefficient (Wildman–Crippen LogP) is 4.68. The lowest BCUT2D eigenvalue weighted by molar-refractivity contribution is 0.306. The van der Waals surface area contributed by atoms with E-state index < -0.39 is 0 Å². The number of amidine groups is 1. The number of aromatic nitrogens is 1. The number of rotatable bonds is 5. The summed E-state index contributed by atoms with van der Waals surface area (Å²) in [4.78, 5) is 14.6. The number of piperidine rings is 1. The molecule has 0 radical (unpaired) electrons. The van der Waals surface area contributed by atoms with E-state index in [0.717, 1.165) is 53.2 Å². The molecule has 0 saturated carbocycles. The van der Waals surface area contributed by atoms with Crippen molar-refractivity contribution < 1.29 is 9.47 Å². The molecule has 0 spiro atoms. The second-order valence-corrected chi connectivity index (χ2v) is 9.86. The number of methoxy groups -OCH3 is 2. The molecule has 2 aromatic rings. The molecule has 0 aliphatic carbocycles. The van der Waals surface area contributed by atoms with E-state index in [1.807, 2.05) is 30.1 Å². The van der Waals surface area contributed by atoms with Crippen LogP contribution in [-0.2, 0) is 0 Å². The van der Waals surface area contributed by atoms with Crippen molar-refractivity contribution >= 4 is 22.6 Å². The third-order valence-electron chi connectivity index (χ3n) is 6.43. The van der Waals surface area contributed by atoms with Gasteiger partial charge in [0.25, 0.3) is 0 Å². The highest BCUT2D eigenvalue weighted by molar-refractivity contribution is 8.14. The van der Waals surface area contributed by atoms with Crippen molar-refractivity contribution in [1.82, 2.24) is 9.88 Å². The lowest BCUT2D eigenvalue weighted by atomic mass is 9.94. The minimum absolute atomic E-state index is 0.0432. The smallest absolute Gasteiger partial charge is 0.160 e. The summed E-state index contributed by atoms with van der Waals surface area (Å²) < 4.78 is 11.9. The Morgan fingerprint density at radius 3 is 2.55 bits per heavy atom. The molecule has 1 aromatic heterocycles. The second-order valence-electron chi connectivity index (χ2n) is 8.45. The first-order chi connectivity index (χ1) is 15.2. The first-order valence-electron chi connectivity index (χ1n) is 11.1. The average molecular weight is 439 g/mol. The summed E-state index contributed by atoms with van der Waals surface area (Å²) in [6.45, 7) is 5.35. The fourth-order valence-electron chi connectivity index (χ4n) is 4.97. The molecule has 3 aliphatic heterocycles. The van der Waals surface area contributed by atoms with Crippen molar-refractivity contribution in [3.05, 3.63) is 47.8 Å². The van der Waals surface area contributed by atoms with Gasteiger partial charge in [0.1, 0.15) is 17.5 Å². The van der Waals surface area contributed by atoms with E-state index in [4.69, 9.17) is 14.5 Å². The van der Waals surface area contributed by atoms with Crippen LogP contribution in [0.3, 0.4) is 0 Å². The number of nitrogens with zero attached hydrogens (tertiary/aromatic N) is 4. The van der Waals surface area contributed by atoms with Crippen LogP contribution in [0.25, 0.3) is 0 Å². The van der Waals surface area contributed by atoms with E-state index in [1.54, 1.807) is 14.2 Å². The van der Waals surface area contributed by atoms with E-state index in [2.05, 4.69) is 39.9 Å². The number of aliphatic imine (C=N–C) groups is 1. The van der Waals surface area contributed by atoms with E-state index in [9.17, 15) is 0 Å². The van der Waals surface area contributed by atoms with Crippen molar-refractivity contribution in [2.75, 3.05) is 38.8 Å². The highest BCUT2D eigenvalue weighted by Gasteiger charge is 2.45. The van der Waals surface area contributed by atoms with Crippen LogP contribution in [-0.4, -0.2) is 54.2 Å². The van der Waals surface area contributed by atoms with Gasteiger partial charge in [-0.15, -0.1) is 0 Å². The summed E-state index contributed by atoms with van der Waals surface area (Å²) in [5.74, 6) is 1.80. The topological polar surface area (TPSA) is 50.2 Å². The van der Waals surface area contributed by atoms with Crippen molar-refractivity contribution in [3.8, 4) is 11.5 Å². The quantitative estimate of drug-likeness (QED) is 0.676. The van der Waals surface area contributed by atoms with E-state index >= 15 is 0 Å². The zero-order valence-electron chi connectivity index (χ0n) is 18.5. The van der Waals surface area contributed by atoms with Gasteiger partial charge in [0.2, 0.25) is 0 Å². The molecule has 1 aromatic carbocycles. The number of pyridine rings is 1. The predicted molar refractivity (Wildman–Crippen MR) is 127 cm³/mol. The van der Waals surface area contributed by atoms with Gasteiger partial charge >= 0.3 is 0 Å². The molecule has 7 heteroatoms. The number of anilines is 1. The number of hydrogen-bond donors (Lipinski definition) is 0. The van der Waals surface area contributed by atoms with Gasteiger partial charge in [0.15, 0.2) is 5.17 Å². The fourth-order valence-corrected chi connectivity index (χ4v) is 6.07. The standard InChI is InChI=1S/C24H30N4O2S/c1-16-15-28-23(22(26-24(28)31-16)18-9-5-6-10-25-18)17-13-21(30-3)19(14-20(17)29-2)27-11-7-4-8-12-27/h5-6,9-10,13-14,16,22-23H,4,7-8,11-12,15H2,1-3H3/t16-,22+,23+/m0/s1. The molecule has 0 amide bonds. The van der Waals surface area contributed by atoms with Crippen LogP contribution in [0.5, 0.6) is 11.5 Å². The Labute approximate surface area is 188 Å². The van der Waals surface area contributed by atoms with Crippen LogP contribution in [0.15, 0.2) is 41.5 Å². The average Bonchev–Trinajstić information content (AvgIpc) is 3.35. The van der Waals surface area contributed by atoms with Crippen LogP contribution in [0.4, 0.5) is 5.69 Å². The highest BCUT2D eigenvalue weighted by Crippen LogP contribution is 2.51. The molecule has 0 unspecified atom stereocenters. The minimum atomic E-state index is -0.0596. The Kier molecular flexibility index (Phi) is 5.69. The summed E-state index contributed by atoms with van der Waals surface area (Å²) in [6.07, 6.45) is 5.59. The summed E-state index contributed by atoms with van der Waals surface area (Å²) in [5.41, 5.74) is 3.23. The van der Waals surface area contributed by atoms with Crippen LogP contribution < -0.4 is 14.4 Å². The van der Waals surface area contributed by atoms with Crippen LogP contribution in [0.2, 0.25) is 0 Å². The lowest BCUT2D eigenvalue weighted by Gasteiger charge is -2.33. The van der Waals surface area contributed by atoms with Crippen molar-refractivity contribution in [3.63, 3.8) is 0 Å². The number of fused-ring (bicyclic) bond motifs is 1. The van der Waals surface area contributed by atoms with Gasteiger partial charge in [0, 0.05) is 42.7 Å². The third kappa shape index (κ3) is 3.73. The maximum Gasteiger partial charge on any atom is 0.160 e. The van der Waals surface area contributed by atoms with Gasteiger partial charge in [-0.25, -0.2) is 0 Å². The minimum Gasteiger partial charge on any atom is -0.496 e. The van der Waals surface area contributed by atoms with Crippen LogP contribution in [0, 0.1) is 0 Å². The van der Waals surface area contributed by atoms with E-state index in [0.29, 0.717) is 5.25 Å². The molecular weight excluding hydrogens is 408 g/mol. The summed E-state index contributed by atoms with van der Waals surface area (Å²) in [7, 11) is 3.53. The lowest BCUT2D eigenvalue weighted by Crippen LogP contribution is -2.31. The largest absolute Gasteiger partial charge is 0.496 e. The molecule has 2 saturated heterocycles. The van der Waals surface area contributed by atoms with Crippen LogP contribution >= 0.6 is 11.8 Å². The molecule has 164 valence electrons. The first-order valence-corrected chi connectivity index (χ1v) is 12.0. The van der Waals surface area contributed by atoms with Crippen molar-refractivity contribution in [1.29, 1.82) is 0 Å². The van der Waals surface area contributed by atoms with Crippen LogP contribution in [0.1, 0.15) is 49.5 Å². The molecule has 0 N–H and O–H groups in total. The third-order valence-corrected chi connectivity index (χ3v) is 7.53. The molecule has 4 heterocycles. The summed E-state index contributed by atoms with van der Waals surface area (Å²) in [6, 6.07) is 10.4. The fraction of sp³-hybridized carbons (Fsp3) is 0.500. The van der Waals surface area contributed by atoms with Gasteiger partial charge in [0.05, 0.1) is 31.6 Å². The van der Waals surface area contributed by atoms with E-state index in [1.165, 1.54) is 19.3 Å². The maximum absolute atomic E-state index is 5.96. The van der Waals surface area contributed by atoms with Gasteiger partial charge in [-0.1, -0.05) is 24.8 Å². The zero-order valence-corrected chi connectivity index (χ0v) is 19.3. The van der Waals surface area contributed by atoms with Gasteiger partial charge < -0.3 is 19.3 Å². The second kappa shape index (κ2) is 8.61.